The molecule has 3 aromatic heterocycles. The number of piperidine rings is 1. The normalized spacial score (nSPS) is 20.0. The third-order valence-electron chi connectivity index (χ3n) is 6.86. The smallest absolute Gasteiger partial charge is 0.280 e. The van der Waals surface area contributed by atoms with Crippen molar-refractivity contribution in [2.45, 2.75) is 32.1 Å². The number of carbonyl (C=O) groups is 2. The summed E-state index contributed by atoms with van der Waals surface area (Å²) in [6.07, 6.45) is 3.30. The molecule has 9 nitrogen and oxygen atoms in total. The monoisotopic (exact) mass is 536 g/mol. The predicted molar refractivity (Wildman–Crippen MR) is 135 cm³/mol. The predicted octanol–water partition coefficient (Wildman–Crippen LogP) is 4.33. The average molecular weight is 537 g/mol. The van der Waals surface area contributed by atoms with Crippen LogP contribution in [-0.2, 0) is 4.79 Å². The fourth-order valence-corrected chi connectivity index (χ4v) is 5.10. The minimum Gasteiger partial charge on any atom is -0.494 e. The number of alkyl halides is 2. The molecule has 38 heavy (non-hydrogen) atoms. The Morgan fingerprint density at radius 1 is 1.18 bits per heavy atom. The fourth-order valence-electron chi connectivity index (χ4n) is 4.50. The van der Waals surface area contributed by atoms with Gasteiger partial charge in [-0.3, -0.25) is 24.8 Å². The first-order valence-corrected chi connectivity index (χ1v) is 13.0. The Balaban J connectivity index is 1.38. The van der Waals surface area contributed by atoms with Crippen LogP contribution >= 0.6 is 11.3 Å². The van der Waals surface area contributed by atoms with Crippen molar-refractivity contribution >= 4 is 34.1 Å². The van der Waals surface area contributed by atoms with E-state index in [4.69, 9.17) is 4.74 Å². The third kappa shape index (κ3) is 4.93. The van der Waals surface area contributed by atoms with Gasteiger partial charge in [0.25, 0.3) is 12.3 Å². The Bertz CT molecular complexity index is 1500. The minimum atomic E-state index is -2.83. The first-order valence-electron chi connectivity index (χ1n) is 12.2. The molecule has 12 heteroatoms. The van der Waals surface area contributed by atoms with Crippen LogP contribution in [-0.4, -0.2) is 45.6 Å². The van der Waals surface area contributed by atoms with Crippen molar-refractivity contribution in [1.29, 1.82) is 0 Å². The molecule has 194 valence electrons. The van der Waals surface area contributed by atoms with Gasteiger partial charge in [0.2, 0.25) is 11.0 Å². The number of ether oxygens (including phenoxy) is 1. The molecule has 6 rings (SSSR count). The lowest BCUT2D eigenvalue weighted by atomic mass is 9.99. The van der Waals surface area contributed by atoms with Crippen LogP contribution in [0, 0.1) is 29.6 Å². The van der Waals surface area contributed by atoms with E-state index in [0.717, 1.165) is 30.6 Å². The summed E-state index contributed by atoms with van der Waals surface area (Å²) >= 11 is 1.14. The van der Waals surface area contributed by atoms with E-state index >= 15 is 0 Å². The molecule has 0 aromatic carbocycles. The number of nitrogens with one attached hydrogen (secondary N) is 1. The van der Waals surface area contributed by atoms with Crippen LogP contribution in [0.3, 0.4) is 0 Å². The van der Waals surface area contributed by atoms with Crippen molar-refractivity contribution < 1.29 is 23.1 Å². The van der Waals surface area contributed by atoms with E-state index in [1.165, 1.54) is 25.6 Å². The van der Waals surface area contributed by atoms with Crippen molar-refractivity contribution in [2.75, 3.05) is 23.9 Å². The molecule has 3 aliphatic rings. The summed E-state index contributed by atoms with van der Waals surface area (Å²) in [5.41, 5.74) is 0.127. The average Bonchev–Trinajstić information content (AvgIpc) is 3.84. The maximum atomic E-state index is 13.6. The van der Waals surface area contributed by atoms with Crippen LogP contribution in [0.25, 0.3) is 11.1 Å². The number of aromatic nitrogens is 4. The van der Waals surface area contributed by atoms with Crippen molar-refractivity contribution in [3.05, 3.63) is 40.8 Å². The van der Waals surface area contributed by atoms with Crippen LogP contribution in [0.4, 0.5) is 19.7 Å². The summed E-state index contributed by atoms with van der Waals surface area (Å²) in [7, 11) is 1.39. The van der Waals surface area contributed by atoms with Crippen LogP contribution in [0.15, 0.2) is 24.5 Å². The summed E-state index contributed by atoms with van der Waals surface area (Å²) < 4.78 is 32.5. The van der Waals surface area contributed by atoms with Crippen LogP contribution in [0.1, 0.15) is 53.2 Å². The van der Waals surface area contributed by atoms with Crippen LogP contribution in [0.5, 0.6) is 5.75 Å². The van der Waals surface area contributed by atoms with Gasteiger partial charge in [-0.05, 0) is 49.2 Å². The molecule has 3 fully saturated rings. The van der Waals surface area contributed by atoms with E-state index in [0.29, 0.717) is 41.5 Å². The van der Waals surface area contributed by atoms with Gasteiger partial charge in [0, 0.05) is 36.2 Å². The number of carbonyl (C=O) groups excluding carboxylic acids is 2. The van der Waals surface area contributed by atoms with E-state index in [-0.39, 0.29) is 33.5 Å². The number of nitrogens with zero attached hydrogens (tertiary/aromatic N) is 5. The molecular weight excluding hydrogens is 514 g/mol. The number of anilines is 2. The van der Waals surface area contributed by atoms with E-state index in [1.807, 2.05) is 0 Å². The fraction of sp³-hybridized carbons (Fsp3) is 0.385. The van der Waals surface area contributed by atoms with Crippen LogP contribution < -0.4 is 15.0 Å². The molecule has 0 bridgehead atoms. The van der Waals surface area contributed by atoms with E-state index in [9.17, 15) is 18.4 Å². The molecule has 0 spiro atoms. The largest absolute Gasteiger partial charge is 0.494 e. The molecule has 1 N–H and O–H groups in total. The van der Waals surface area contributed by atoms with E-state index in [2.05, 4.69) is 37.3 Å². The molecule has 2 aliphatic carbocycles. The Morgan fingerprint density at radius 3 is 2.79 bits per heavy atom. The van der Waals surface area contributed by atoms with Gasteiger partial charge in [-0.2, -0.15) is 0 Å². The SMILES string of the molecule is COc1cnc(C(F)F)cc1-c1cc(N2CC3CC3CC2=O)ncc1C(=O)Nc1nnc(C#CC2CC2)s1. The van der Waals surface area contributed by atoms with Gasteiger partial charge in [0.05, 0.1) is 18.9 Å². The highest BCUT2D eigenvalue weighted by atomic mass is 32.1. The first kappa shape index (κ1) is 24.4. The van der Waals surface area contributed by atoms with Gasteiger partial charge in [-0.15, -0.1) is 10.2 Å². The molecular formula is C26H22F2N6O3S. The van der Waals surface area contributed by atoms with Gasteiger partial charge >= 0.3 is 0 Å². The second-order valence-electron chi connectivity index (χ2n) is 9.57. The van der Waals surface area contributed by atoms with Gasteiger partial charge in [0.15, 0.2) is 5.01 Å². The standard InChI is InChI=1S/C26H22F2N6O3S/c1-37-20-11-29-19(24(27)28)8-17(20)16-9-21(34-12-15-6-14(15)7-23(34)35)30-10-18(16)25(36)31-26-33-32-22(38-26)5-4-13-2-3-13/h8-11,13-15,24H,2-3,6-7,12H2,1H3,(H,31,33,36). The first-order chi connectivity index (χ1) is 18.4. The maximum Gasteiger partial charge on any atom is 0.280 e. The van der Waals surface area contributed by atoms with Gasteiger partial charge in [0.1, 0.15) is 17.3 Å². The molecule has 2 saturated carbocycles. The molecule has 1 saturated heterocycles. The van der Waals surface area contributed by atoms with Crippen molar-refractivity contribution in [1.82, 2.24) is 20.2 Å². The zero-order valence-corrected chi connectivity index (χ0v) is 21.1. The molecule has 2 unspecified atom stereocenters. The number of methoxy groups -OCH3 is 1. The third-order valence-corrected chi connectivity index (χ3v) is 7.62. The Labute approximate surface area is 220 Å². The number of pyridine rings is 2. The summed E-state index contributed by atoms with van der Waals surface area (Å²) in [6, 6.07) is 2.75. The van der Waals surface area contributed by atoms with Crippen molar-refractivity contribution in [3.8, 4) is 28.7 Å². The summed E-state index contributed by atoms with van der Waals surface area (Å²) in [5.74, 6) is 7.23. The summed E-state index contributed by atoms with van der Waals surface area (Å²) in [5, 5.41) is 11.4. The van der Waals surface area contributed by atoms with Crippen molar-refractivity contribution in [3.63, 3.8) is 0 Å². The molecule has 1 aliphatic heterocycles. The second-order valence-corrected chi connectivity index (χ2v) is 10.6. The highest BCUT2D eigenvalue weighted by molar-refractivity contribution is 7.15. The number of halogens is 2. The Kier molecular flexibility index (Phi) is 6.23. The number of rotatable bonds is 6. The molecule has 4 heterocycles. The summed E-state index contributed by atoms with van der Waals surface area (Å²) in [6.45, 7) is 0.534. The Hall–Kier alpha value is -3.98. The number of hydrogen-bond donors (Lipinski definition) is 1. The lowest BCUT2D eigenvalue weighted by molar-refractivity contribution is -0.119. The van der Waals surface area contributed by atoms with Gasteiger partial charge in [-0.25, -0.2) is 13.8 Å². The maximum absolute atomic E-state index is 13.6. The van der Waals surface area contributed by atoms with E-state index < -0.39 is 18.0 Å². The topological polar surface area (TPSA) is 110 Å². The summed E-state index contributed by atoms with van der Waals surface area (Å²) in [4.78, 5) is 35.9. The molecule has 3 aromatic rings. The van der Waals surface area contributed by atoms with Crippen LogP contribution in [0.2, 0.25) is 0 Å². The van der Waals surface area contributed by atoms with Gasteiger partial charge in [-0.1, -0.05) is 17.3 Å². The lowest BCUT2D eigenvalue weighted by Crippen LogP contribution is -2.37. The lowest BCUT2D eigenvalue weighted by Gasteiger charge is -2.26. The number of fused-ring (bicyclic) bond motifs is 1. The zero-order chi connectivity index (χ0) is 26.4. The van der Waals surface area contributed by atoms with Crippen molar-refractivity contribution in [2.24, 2.45) is 17.8 Å². The van der Waals surface area contributed by atoms with E-state index in [1.54, 1.807) is 11.0 Å². The molecule has 0 radical (unpaired) electrons. The number of hydrogen-bond acceptors (Lipinski definition) is 8. The second kappa shape index (κ2) is 9.72. The quantitative estimate of drug-likeness (QED) is 0.467. The van der Waals surface area contributed by atoms with Gasteiger partial charge < -0.3 is 4.74 Å². The highest BCUT2D eigenvalue weighted by Gasteiger charge is 2.45. The minimum absolute atomic E-state index is 0.0527. The zero-order valence-electron chi connectivity index (χ0n) is 20.3. The molecule has 2 amide bonds. The Morgan fingerprint density at radius 2 is 2.03 bits per heavy atom. The highest BCUT2D eigenvalue weighted by Crippen LogP contribution is 2.46. The number of amides is 2. The molecule has 2 atom stereocenters.